The van der Waals surface area contributed by atoms with Crippen molar-refractivity contribution in [2.75, 3.05) is 20.1 Å². The lowest BCUT2D eigenvalue weighted by molar-refractivity contribution is -0.137. The van der Waals surface area contributed by atoms with Crippen molar-refractivity contribution in [3.05, 3.63) is 35.4 Å². The molecule has 2 amide bonds. The number of amides is 2. The van der Waals surface area contributed by atoms with E-state index in [-0.39, 0.29) is 24.9 Å². The van der Waals surface area contributed by atoms with Gasteiger partial charge in [0.25, 0.3) is 0 Å². The summed E-state index contributed by atoms with van der Waals surface area (Å²) in [6.07, 6.45) is -0.0442. The van der Waals surface area contributed by atoms with Crippen molar-refractivity contribution in [3.8, 4) is 0 Å². The molecule has 0 heterocycles. The number of carboxylic acids is 1. The number of rotatable bonds is 6. The van der Waals surface area contributed by atoms with Crippen LogP contribution < -0.4 is 5.32 Å². The van der Waals surface area contributed by atoms with Crippen LogP contribution in [0.2, 0.25) is 0 Å². The van der Waals surface area contributed by atoms with Gasteiger partial charge in [0.15, 0.2) is 0 Å². The molecule has 0 aliphatic carbocycles. The van der Waals surface area contributed by atoms with Crippen LogP contribution in [0.25, 0.3) is 0 Å². The molecule has 1 aromatic rings. The highest BCUT2D eigenvalue weighted by Gasteiger charge is 2.12. The molecule has 20 heavy (non-hydrogen) atoms. The number of hydrogen-bond donors (Lipinski definition) is 2. The second-order valence-corrected chi connectivity index (χ2v) is 5.06. The Kier molecular flexibility index (Phi) is 6.03. The Hall–Kier alpha value is -2.04. The van der Waals surface area contributed by atoms with E-state index in [1.807, 2.05) is 26.0 Å². The predicted molar refractivity (Wildman–Crippen MR) is 77.9 cm³/mol. The van der Waals surface area contributed by atoms with Gasteiger partial charge in [-0.2, -0.15) is 0 Å². The fraction of sp³-hybridized carbons (Fsp3) is 0.467. The molecule has 1 rings (SSSR count). The highest BCUT2D eigenvalue weighted by molar-refractivity contribution is 5.75. The van der Waals surface area contributed by atoms with Gasteiger partial charge in [0, 0.05) is 20.1 Å². The molecule has 5 heteroatoms. The Bertz CT molecular complexity index is 457. The SMILES string of the molecule is Cc1ccc(C(C)CNC(=O)N(C)CCC(=O)O)cc1. The minimum Gasteiger partial charge on any atom is -0.481 e. The van der Waals surface area contributed by atoms with Crippen molar-refractivity contribution in [1.82, 2.24) is 10.2 Å². The quantitative estimate of drug-likeness (QED) is 0.838. The van der Waals surface area contributed by atoms with E-state index >= 15 is 0 Å². The van der Waals surface area contributed by atoms with E-state index in [0.717, 1.165) is 0 Å². The van der Waals surface area contributed by atoms with Gasteiger partial charge in [-0.1, -0.05) is 36.8 Å². The number of carboxylic acid groups (broad SMARTS) is 1. The number of aliphatic carboxylic acids is 1. The van der Waals surface area contributed by atoms with E-state index < -0.39 is 5.97 Å². The zero-order valence-electron chi connectivity index (χ0n) is 12.2. The number of aryl methyl sites for hydroxylation is 1. The second kappa shape index (κ2) is 7.53. The van der Waals surface area contributed by atoms with Gasteiger partial charge in [0.1, 0.15) is 0 Å². The van der Waals surface area contributed by atoms with Gasteiger partial charge in [-0.15, -0.1) is 0 Å². The molecule has 0 fully saturated rings. The van der Waals surface area contributed by atoms with E-state index in [9.17, 15) is 9.59 Å². The molecule has 0 spiro atoms. The lowest BCUT2D eigenvalue weighted by atomic mass is 10.0. The van der Waals surface area contributed by atoms with Crippen molar-refractivity contribution in [1.29, 1.82) is 0 Å². The maximum atomic E-state index is 11.8. The van der Waals surface area contributed by atoms with E-state index in [1.54, 1.807) is 7.05 Å². The fourth-order valence-electron chi connectivity index (χ4n) is 1.75. The van der Waals surface area contributed by atoms with Crippen molar-refractivity contribution in [2.24, 2.45) is 0 Å². The minimum absolute atomic E-state index is 0.0442. The second-order valence-electron chi connectivity index (χ2n) is 5.06. The van der Waals surface area contributed by atoms with Gasteiger partial charge in [-0.3, -0.25) is 4.79 Å². The Morgan fingerprint density at radius 3 is 2.45 bits per heavy atom. The first-order valence-electron chi connectivity index (χ1n) is 6.67. The molecule has 0 aliphatic heterocycles. The fourth-order valence-corrected chi connectivity index (χ4v) is 1.75. The number of nitrogens with one attached hydrogen (secondary N) is 1. The molecule has 2 N–H and O–H groups in total. The summed E-state index contributed by atoms with van der Waals surface area (Å²) in [5, 5.41) is 11.4. The summed E-state index contributed by atoms with van der Waals surface area (Å²) >= 11 is 0. The molecule has 1 atom stereocenters. The Balaban J connectivity index is 2.40. The number of hydrogen-bond acceptors (Lipinski definition) is 2. The molecular weight excluding hydrogens is 256 g/mol. The van der Waals surface area contributed by atoms with Crippen LogP contribution in [0.5, 0.6) is 0 Å². The van der Waals surface area contributed by atoms with Crippen LogP contribution in [-0.2, 0) is 4.79 Å². The summed E-state index contributed by atoms with van der Waals surface area (Å²) in [6, 6.07) is 7.96. The van der Waals surface area contributed by atoms with Crippen molar-refractivity contribution in [3.63, 3.8) is 0 Å². The first kappa shape index (κ1) is 16.0. The number of carbonyl (C=O) groups excluding carboxylic acids is 1. The van der Waals surface area contributed by atoms with Crippen LogP contribution in [0.15, 0.2) is 24.3 Å². The van der Waals surface area contributed by atoms with Gasteiger partial charge in [-0.05, 0) is 18.4 Å². The molecule has 1 aromatic carbocycles. The summed E-state index contributed by atoms with van der Waals surface area (Å²) in [5.74, 6) is -0.690. The van der Waals surface area contributed by atoms with E-state index in [2.05, 4.69) is 17.4 Å². The van der Waals surface area contributed by atoms with Crippen LogP contribution >= 0.6 is 0 Å². The number of urea groups is 1. The molecule has 0 aromatic heterocycles. The third kappa shape index (κ3) is 5.30. The molecule has 0 radical (unpaired) electrons. The third-order valence-electron chi connectivity index (χ3n) is 3.21. The van der Waals surface area contributed by atoms with E-state index in [0.29, 0.717) is 6.54 Å². The zero-order valence-corrected chi connectivity index (χ0v) is 12.2. The molecule has 0 saturated carbocycles. The molecule has 110 valence electrons. The van der Waals surface area contributed by atoms with Crippen LogP contribution in [0.1, 0.15) is 30.4 Å². The summed E-state index contributed by atoms with van der Waals surface area (Å²) in [4.78, 5) is 23.6. The van der Waals surface area contributed by atoms with Crippen molar-refractivity contribution in [2.45, 2.75) is 26.2 Å². The number of benzene rings is 1. The van der Waals surface area contributed by atoms with Crippen molar-refractivity contribution < 1.29 is 14.7 Å². The van der Waals surface area contributed by atoms with Gasteiger partial charge >= 0.3 is 12.0 Å². The highest BCUT2D eigenvalue weighted by atomic mass is 16.4. The first-order valence-corrected chi connectivity index (χ1v) is 6.67. The Morgan fingerprint density at radius 1 is 1.30 bits per heavy atom. The molecule has 1 unspecified atom stereocenters. The summed E-state index contributed by atoms with van der Waals surface area (Å²) in [5.41, 5.74) is 2.38. The normalized spacial score (nSPS) is 11.8. The number of nitrogens with zero attached hydrogens (tertiary/aromatic N) is 1. The molecule has 5 nitrogen and oxygen atoms in total. The van der Waals surface area contributed by atoms with Crippen LogP contribution in [0.4, 0.5) is 4.79 Å². The lowest BCUT2D eigenvalue weighted by Crippen LogP contribution is -2.39. The monoisotopic (exact) mass is 278 g/mol. The Morgan fingerprint density at radius 2 is 1.90 bits per heavy atom. The van der Waals surface area contributed by atoms with E-state index in [1.165, 1.54) is 16.0 Å². The summed E-state index contributed by atoms with van der Waals surface area (Å²) in [6.45, 7) is 4.81. The summed E-state index contributed by atoms with van der Waals surface area (Å²) < 4.78 is 0. The third-order valence-corrected chi connectivity index (χ3v) is 3.21. The zero-order chi connectivity index (χ0) is 15.1. The number of carbonyl (C=O) groups is 2. The van der Waals surface area contributed by atoms with Crippen molar-refractivity contribution >= 4 is 12.0 Å². The average Bonchev–Trinajstić information content (AvgIpc) is 2.42. The van der Waals surface area contributed by atoms with Crippen LogP contribution in [-0.4, -0.2) is 42.1 Å². The highest BCUT2D eigenvalue weighted by Crippen LogP contribution is 2.14. The largest absolute Gasteiger partial charge is 0.481 e. The lowest BCUT2D eigenvalue weighted by Gasteiger charge is -2.19. The minimum atomic E-state index is -0.905. The van der Waals surface area contributed by atoms with Gasteiger partial charge in [0.05, 0.1) is 6.42 Å². The standard InChI is InChI=1S/C15H22N2O3/c1-11-4-6-13(7-5-11)12(2)10-16-15(20)17(3)9-8-14(18)19/h4-7,12H,8-10H2,1-3H3,(H,16,20)(H,18,19). The van der Waals surface area contributed by atoms with Gasteiger partial charge in [-0.25, -0.2) is 4.79 Å². The topological polar surface area (TPSA) is 69.6 Å². The maximum absolute atomic E-state index is 11.8. The molecule has 0 aliphatic rings. The molecule has 0 saturated heterocycles. The average molecular weight is 278 g/mol. The first-order chi connectivity index (χ1) is 9.40. The smallest absolute Gasteiger partial charge is 0.317 e. The van der Waals surface area contributed by atoms with E-state index in [4.69, 9.17) is 5.11 Å². The van der Waals surface area contributed by atoms with Gasteiger partial charge < -0.3 is 15.3 Å². The maximum Gasteiger partial charge on any atom is 0.317 e. The summed E-state index contributed by atoms with van der Waals surface area (Å²) in [7, 11) is 1.59. The van der Waals surface area contributed by atoms with Gasteiger partial charge in [0.2, 0.25) is 0 Å². The molecular formula is C15H22N2O3. The van der Waals surface area contributed by atoms with Crippen LogP contribution in [0.3, 0.4) is 0 Å². The molecule has 0 bridgehead atoms. The van der Waals surface area contributed by atoms with Crippen LogP contribution in [0, 0.1) is 6.92 Å². The Labute approximate surface area is 119 Å². The predicted octanol–water partition coefficient (Wildman–Crippen LogP) is 2.21.